The Morgan fingerprint density at radius 1 is 1.00 bits per heavy atom. The topological polar surface area (TPSA) is 84.9 Å². The second kappa shape index (κ2) is 8.20. The first kappa shape index (κ1) is 20.4. The Morgan fingerprint density at radius 3 is 2.66 bits per heavy atom. The van der Waals surface area contributed by atoms with Gasteiger partial charge >= 0.3 is 0 Å². The molecular formula is C24H22N2O5S. The van der Waals surface area contributed by atoms with Gasteiger partial charge in [-0.15, -0.1) is 0 Å². The van der Waals surface area contributed by atoms with Crippen molar-refractivity contribution in [2.24, 2.45) is 0 Å². The summed E-state index contributed by atoms with van der Waals surface area (Å²) in [5, 5.41) is 2.81. The van der Waals surface area contributed by atoms with Crippen molar-refractivity contribution >= 4 is 21.6 Å². The Morgan fingerprint density at radius 2 is 1.78 bits per heavy atom. The molecule has 1 unspecified atom stereocenters. The first-order chi connectivity index (χ1) is 15.5. The molecule has 0 radical (unpaired) electrons. The van der Waals surface area contributed by atoms with Crippen LogP contribution in [0, 0.1) is 0 Å². The van der Waals surface area contributed by atoms with Crippen molar-refractivity contribution in [2.75, 3.05) is 24.0 Å². The molecule has 3 aromatic carbocycles. The zero-order chi connectivity index (χ0) is 22.1. The second-order valence-corrected chi connectivity index (χ2v) is 9.55. The van der Waals surface area contributed by atoms with Crippen LogP contribution in [0.15, 0.2) is 77.7 Å². The average Bonchev–Trinajstić information content (AvgIpc) is 3.27. The van der Waals surface area contributed by atoms with E-state index >= 15 is 0 Å². The van der Waals surface area contributed by atoms with Gasteiger partial charge in [0.1, 0.15) is 12.7 Å². The number of para-hydroxylation sites is 3. The molecule has 5 rings (SSSR count). The predicted octanol–water partition coefficient (Wildman–Crippen LogP) is 3.01. The van der Waals surface area contributed by atoms with E-state index in [1.165, 1.54) is 16.4 Å². The van der Waals surface area contributed by atoms with Crippen molar-refractivity contribution in [1.29, 1.82) is 0 Å². The lowest BCUT2D eigenvalue weighted by molar-refractivity contribution is 0.0789. The summed E-state index contributed by atoms with van der Waals surface area (Å²) in [4.78, 5) is 12.8. The molecule has 32 heavy (non-hydrogen) atoms. The number of fused-ring (bicyclic) bond motifs is 2. The lowest BCUT2D eigenvalue weighted by Gasteiger charge is -2.26. The molecule has 1 amide bonds. The fourth-order valence-corrected chi connectivity index (χ4v) is 5.50. The van der Waals surface area contributed by atoms with Crippen LogP contribution in [-0.2, 0) is 16.4 Å². The minimum Gasteiger partial charge on any atom is -0.486 e. The van der Waals surface area contributed by atoms with Crippen molar-refractivity contribution in [3.63, 3.8) is 0 Å². The number of carbonyl (C=O) groups is 1. The molecule has 164 valence electrons. The maximum atomic E-state index is 13.3. The van der Waals surface area contributed by atoms with Crippen LogP contribution in [0.1, 0.15) is 15.9 Å². The monoisotopic (exact) mass is 450 g/mol. The number of rotatable bonds is 5. The molecule has 7 nitrogen and oxygen atoms in total. The van der Waals surface area contributed by atoms with Crippen LogP contribution in [-0.4, -0.2) is 40.1 Å². The SMILES string of the molecule is O=C(NCC1COc2ccccc2O1)c1cccc(S(=O)(=O)N2CCc3ccccc32)c1. The molecule has 0 saturated carbocycles. The van der Waals surface area contributed by atoms with Gasteiger partial charge in [0.15, 0.2) is 11.5 Å². The number of hydrogen-bond acceptors (Lipinski definition) is 5. The quantitative estimate of drug-likeness (QED) is 0.646. The molecule has 1 atom stereocenters. The number of amides is 1. The minimum absolute atomic E-state index is 0.0908. The number of anilines is 1. The van der Waals surface area contributed by atoms with Gasteiger partial charge in [-0.1, -0.05) is 36.4 Å². The van der Waals surface area contributed by atoms with E-state index in [9.17, 15) is 13.2 Å². The molecule has 2 aliphatic heterocycles. The van der Waals surface area contributed by atoms with Gasteiger partial charge in [-0.25, -0.2) is 8.42 Å². The third-order valence-electron chi connectivity index (χ3n) is 5.59. The molecule has 1 N–H and O–H groups in total. The van der Waals surface area contributed by atoms with Crippen LogP contribution < -0.4 is 19.1 Å². The number of ether oxygens (including phenoxy) is 2. The van der Waals surface area contributed by atoms with Gasteiger partial charge in [0, 0.05) is 12.1 Å². The standard InChI is InChI=1S/C24H22N2O5S/c27-24(25-15-19-16-30-22-10-3-4-11-23(22)31-19)18-7-5-8-20(14-18)32(28,29)26-13-12-17-6-1-2-9-21(17)26/h1-11,14,19H,12-13,15-16H2,(H,25,27). The van der Waals surface area contributed by atoms with E-state index in [-0.39, 0.29) is 29.0 Å². The molecular weight excluding hydrogens is 428 g/mol. The zero-order valence-electron chi connectivity index (χ0n) is 17.2. The van der Waals surface area contributed by atoms with Crippen LogP contribution in [0.2, 0.25) is 0 Å². The van der Waals surface area contributed by atoms with Crippen molar-refractivity contribution in [2.45, 2.75) is 17.4 Å². The average molecular weight is 451 g/mol. The Hall–Kier alpha value is -3.52. The molecule has 2 heterocycles. The van der Waals surface area contributed by atoms with E-state index in [1.54, 1.807) is 18.2 Å². The highest BCUT2D eigenvalue weighted by molar-refractivity contribution is 7.92. The van der Waals surface area contributed by atoms with Gasteiger partial charge in [-0.2, -0.15) is 0 Å². The fraction of sp³-hybridized carbons (Fsp3) is 0.208. The van der Waals surface area contributed by atoms with Crippen molar-refractivity contribution in [3.05, 3.63) is 83.9 Å². The van der Waals surface area contributed by atoms with E-state index in [1.807, 2.05) is 42.5 Å². The van der Waals surface area contributed by atoms with Gasteiger partial charge in [-0.05, 0) is 48.4 Å². The van der Waals surface area contributed by atoms with Crippen LogP contribution in [0.25, 0.3) is 0 Å². The molecule has 0 saturated heterocycles. The predicted molar refractivity (Wildman–Crippen MR) is 120 cm³/mol. The summed E-state index contributed by atoms with van der Waals surface area (Å²) in [6.45, 7) is 0.947. The van der Waals surface area contributed by atoms with Crippen LogP contribution in [0.5, 0.6) is 11.5 Å². The number of nitrogens with one attached hydrogen (secondary N) is 1. The molecule has 0 aromatic heterocycles. The summed E-state index contributed by atoms with van der Waals surface area (Å²) in [5.41, 5.74) is 1.97. The first-order valence-electron chi connectivity index (χ1n) is 10.4. The third kappa shape index (κ3) is 3.78. The van der Waals surface area contributed by atoms with Crippen LogP contribution in [0.4, 0.5) is 5.69 Å². The van der Waals surface area contributed by atoms with E-state index in [4.69, 9.17) is 9.47 Å². The van der Waals surface area contributed by atoms with E-state index in [0.717, 1.165) is 5.56 Å². The molecule has 0 aliphatic carbocycles. The number of sulfonamides is 1. The Balaban J connectivity index is 1.28. The second-order valence-electron chi connectivity index (χ2n) is 7.69. The highest BCUT2D eigenvalue weighted by Crippen LogP contribution is 2.33. The smallest absolute Gasteiger partial charge is 0.264 e. The van der Waals surface area contributed by atoms with Gasteiger partial charge in [0.05, 0.1) is 17.1 Å². The summed E-state index contributed by atoms with van der Waals surface area (Å²) in [5.74, 6) is 0.944. The highest BCUT2D eigenvalue weighted by atomic mass is 32.2. The Bertz CT molecular complexity index is 1270. The van der Waals surface area contributed by atoms with Gasteiger partial charge in [0.2, 0.25) is 0 Å². The molecule has 3 aromatic rings. The summed E-state index contributed by atoms with van der Waals surface area (Å²) in [6.07, 6.45) is 0.337. The fourth-order valence-electron chi connectivity index (χ4n) is 3.95. The lowest BCUT2D eigenvalue weighted by Crippen LogP contribution is -2.40. The minimum atomic E-state index is -3.77. The largest absolute Gasteiger partial charge is 0.486 e. The molecule has 0 bridgehead atoms. The van der Waals surface area contributed by atoms with Gasteiger partial charge in [-0.3, -0.25) is 9.10 Å². The summed E-state index contributed by atoms with van der Waals surface area (Å²) < 4.78 is 39.4. The summed E-state index contributed by atoms with van der Waals surface area (Å²) in [6, 6.07) is 20.9. The first-order valence-corrected chi connectivity index (χ1v) is 11.8. The number of nitrogens with zero attached hydrogens (tertiary/aromatic N) is 1. The van der Waals surface area contributed by atoms with E-state index < -0.39 is 10.0 Å². The number of benzene rings is 3. The molecule has 0 fully saturated rings. The van der Waals surface area contributed by atoms with Crippen molar-refractivity contribution in [1.82, 2.24) is 5.32 Å². The van der Waals surface area contributed by atoms with Crippen molar-refractivity contribution < 1.29 is 22.7 Å². The van der Waals surface area contributed by atoms with Gasteiger partial charge in [0.25, 0.3) is 15.9 Å². The number of carbonyl (C=O) groups excluding carboxylic acids is 1. The van der Waals surface area contributed by atoms with Crippen LogP contribution in [0.3, 0.4) is 0 Å². The maximum absolute atomic E-state index is 13.3. The molecule has 0 spiro atoms. The summed E-state index contributed by atoms with van der Waals surface area (Å²) >= 11 is 0. The third-order valence-corrected chi connectivity index (χ3v) is 7.40. The zero-order valence-corrected chi connectivity index (χ0v) is 18.0. The highest BCUT2D eigenvalue weighted by Gasteiger charge is 2.31. The lowest BCUT2D eigenvalue weighted by atomic mass is 10.2. The van der Waals surface area contributed by atoms with Crippen LogP contribution >= 0.6 is 0 Å². The molecule has 8 heteroatoms. The molecule has 2 aliphatic rings. The Labute approximate surface area is 186 Å². The Kier molecular flexibility index (Phi) is 5.22. The maximum Gasteiger partial charge on any atom is 0.264 e. The van der Waals surface area contributed by atoms with E-state index in [2.05, 4.69) is 5.32 Å². The van der Waals surface area contributed by atoms with Crippen molar-refractivity contribution in [3.8, 4) is 11.5 Å². The number of hydrogen-bond donors (Lipinski definition) is 1. The normalized spacial score (nSPS) is 17.0. The van der Waals surface area contributed by atoms with Gasteiger partial charge < -0.3 is 14.8 Å². The van der Waals surface area contributed by atoms with E-state index in [0.29, 0.717) is 36.8 Å². The summed E-state index contributed by atoms with van der Waals surface area (Å²) in [7, 11) is -3.77.